The summed E-state index contributed by atoms with van der Waals surface area (Å²) in [7, 11) is 1.87. The minimum absolute atomic E-state index is 0.133. The number of nitrogens with zero attached hydrogens (tertiary/aromatic N) is 2. The molecule has 0 aromatic carbocycles. The van der Waals surface area contributed by atoms with E-state index >= 15 is 0 Å². The van der Waals surface area contributed by atoms with Crippen LogP contribution < -0.4 is 10.6 Å². The molecule has 0 fully saturated rings. The van der Waals surface area contributed by atoms with Gasteiger partial charge in [0.15, 0.2) is 0 Å². The van der Waals surface area contributed by atoms with Crippen LogP contribution in [0.15, 0.2) is 0 Å². The molecule has 0 saturated heterocycles. The van der Waals surface area contributed by atoms with Crippen molar-refractivity contribution in [3.63, 3.8) is 0 Å². The van der Waals surface area contributed by atoms with E-state index in [0.29, 0.717) is 0 Å². The molecule has 1 aromatic heterocycles. The average molecular weight is 298 g/mol. The van der Waals surface area contributed by atoms with E-state index in [2.05, 4.69) is 41.4 Å². The molecular weight excluding hydrogens is 272 g/mol. The third-order valence-electron chi connectivity index (χ3n) is 3.32. The van der Waals surface area contributed by atoms with Crippen LogP contribution in [0.2, 0.25) is 0 Å². The molecule has 1 aromatic rings. The Labute approximate surface area is 126 Å². The van der Waals surface area contributed by atoms with Crippen molar-refractivity contribution in [3.8, 4) is 0 Å². The Bertz CT molecular complexity index is 435. The molecule has 6 heteroatoms. The number of aromatic nitrogens is 2. The lowest BCUT2D eigenvalue weighted by atomic mass is 10.2. The van der Waals surface area contributed by atoms with Crippen molar-refractivity contribution in [2.75, 3.05) is 30.5 Å². The second kappa shape index (κ2) is 7.69. The van der Waals surface area contributed by atoms with Gasteiger partial charge in [-0.25, -0.2) is 9.97 Å². The lowest BCUT2D eigenvalue weighted by Gasteiger charge is -2.24. The molecule has 0 aliphatic carbocycles. The van der Waals surface area contributed by atoms with Crippen LogP contribution in [0.25, 0.3) is 0 Å². The highest BCUT2D eigenvalue weighted by Crippen LogP contribution is 2.24. The molecule has 0 radical (unpaired) electrons. The van der Waals surface area contributed by atoms with Crippen LogP contribution in [0.5, 0.6) is 0 Å². The van der Waals surface area contributed by atoms with Gasteiger partial charge < -0.3 is 15.7 Å². The first-order valence-corrected chi connectivity index (χ1v) is 8.19. The van der Waals surface area contributed by atoms with Crippen molar-refractivity contribution in [3.05, 3.63) is 11.4 Å². The van der Waals surface area contributed by atoms with E-state index in [4.69, 9.17) is 0 Å². The van der Waals surface area contributed by atoms with Crippen LogP contribution in [-0.4, -0.2) is 46.3 Å². The van der Waals surface area contributed by atoms with E-state index in [1.165, 1.54) is 0 Å². The van der Waals surface area contributed by atoms with Gasteiger partial charge in [0.1, 0.15) is 17.5 Å². The van der Waals surface area contributed by atoms with Gasteiger partial charge in [-0.15, -0.1) is 0 Å². The predicted octanol–water partition coefficient (Wildman–Crippen LogP) is 2.47. The number of anilines is 2. The summed E-state index contributed by atoms with van der Waals surface area (Å²) in [5.41, 5.74) is 1.00. The minimum Gasteiger partial charge on any atom is -0.395 e. The number of hydrogen-bond acceptors (Lipinski definition) is 6. The Hall–Kier alpha value is -1.01. The number of thioether (sulfide) groups is 1. The molecule has 3 N–H and O–H groups in total. The zero-order valence-corrected chi connectivity index (χ0v) is 14.0. The SMILES string of the molecule is CNc1nc(C(C)C)nc(NC(C)C(CO)SC)c1C. The molecule has 0 aliphatic heterocycles. The summed E-state index contributed by atoms with van der Waals surface area (Å²) in [5, 5.41) is 16.1. The molecule has 0 bridgehead atoms. The Morgan fingerprint density at radius 1 is 1.20 bits per heavy atom. The average Bonchev–Trinajstić information content (AvgIpc) is 2.42. The molecule has 1 heterocycles. The Kier molecular flexibility index (Phi) is 6.55. The Morgan fingerprint density at radius 2 is 1.80 bits per heavy atom. The summed E-state index contributed by atoms with van der Waals surface area (Å²) in [6.07, 6.45) is 2.00. The lowest BCUT2D eigenvalue weighted by Crippen LogP contribution is -2.32. The van der Waals surface area contributed by atoms with E-state index in [0.717, 1.165) is 23.0 Å². The first-order chi connectivity index (χ1) is 9.44. The summed E-state index contributed by atoms with van der Waals surface area (Å²) in [5.74, 6) is 2.78. The van der Waals surface area contributed by atoms with Gasteiger partial charge in [0, 0.05) is 29.8 Å². The van der Waals surface area contributed by atoms with Gasteiger partial charge in [0.2, 0.25) is 0 Å². The first kappa shape index (κ1) is 17.0. The van der Waals surface area contributed by atoms with Gasteiger partial charge in [-0.05, 0) is 20.1 Å². The third-order valence-corrected chi connectivity index (χ3v) is 4.48. The van der Waals surface area contributed by atoms with E-state index in [1.807, 2.05) is 20.2 Å². The smallest absolute Gasteiger partial charge is 0.135 e. The number of rotatable bonds is 7. The fourth-order valence-electron chi connectivity index (χ4n) is 1.92. The van der Waals surface area contributed by atoms with Gasteiger partial charge in [-0.3, -0.25) is 0 Å². The van der Waals surface area contributed by atoms with Crippen molar-refractivity contribution in [2.45, 2.75) is 44.9 Å². The molecule has 0 amide bonds. The summed E-state index contributed by atoms with van der Waals surface area (Å²) in [6, 6.07) is 0.133. The normalized spacial score (nSPS) is 14.2. The Balaban J connectivity index is 3.07. The molecule has 2 unspecified atom stereocenters. The van der Waals surface area contributed by atoms with Crippen molar-refractivity contribution in [1.29, 1.82) is 0 Å². The molecular formula is C14H26N4OS. The molecule has 0 spiro atoms. The Morgan fingerprint density at radius 3 is 2.25 bits per heavy atom. The summed E-state index contributed by atoms with van der Waals surface area (Å²) >= 11 is 1.65. The maximum absolute atomic E-state index is 9.38. The van der Waals surface area contributed by atoms with Gasteiger partial charge in [-0.2, -0.15) is 11.8 Å². The van der Waals surface area contributed by atoms with Gasteiger partial charge in [0.05, 0.1) is 6.61 Å². The second-order valence-corrected chi connectivity index (χ2v) is 6.28. The van der Waals surface area contributed by atoms with Crippen molar-refractivity contribution in [1.82, 2.24) is 9.97 Å². The maximum atomic E-state index is 9.38. The van der Waals surface area contributed by atoms with Crippen molar-refractivity contribution >= 4 is 23.4 Å². The van der Waals surface area contributed by atoms with Gasteiger partial charge >= 0.3 is 0 Å². The number of aliphatic hydroxyl groups excluding tert-OH is 1. The predicted molar refractivity (Wildman–Crippen MR) is 87.9 cm³/mol. The third kappa shape index (κ3) is 3.99. The highest BCUT2D eigenvalue weighted by atomic mass is 32.2. The summed E-state index contributed by atoms with van der Waals surface area (Å²) in [6.45, 7) is 8.37. The number of hydrogen-bond donors (Lipinski definition) is 3. The molecule has 2 atom stereocenters. The summed E-state index contributed by atoms with van der Waals surface area (Å²) < 4.78 is 0. The lowest BCUT2D eigenvalue weighted by molar-refractivity contribution is 0.288. The molecule has 5 nitrogen and oxygen atoms in total. The monoisotopic (exact) mass is 298 g/mol. The molecule has 114 valence electrons. The molecule has 0 saturated carbocycles. The van der Waals surface area contributed by atoms with E-state index < -0.39 is 0 Å². The van der Waals surface area contributed by atoms with Crippen molar-refractivity contribution in [2.24, 2.45) is 0 Å². The van der Waals surface area contributed by atoms with Gasteiger partial charge in [-0.1, -0.05) is 13.8 Å². The van der Waals surface area contributed by atoms with Crippen LogP contribution in [0.1, 0.15) is 38.1 Å². The fraction of sp³-hybridized carbons (Fsp3) is 0.714. The standard InChI is InChI=1S/C14H26N4OS/c1-8(2)12-17-13(15-5)9(3)14(18-12)16-10(4)11(7-19)20-6/h8,10-11,19H,7H2,1-6H3,(H2,15,16,17,18). The van der Waals surface area contributed by atoms with Crippen LogP contribution in [0.3, 0.4) is 0 Å². The highest BCUT2D eigenvalue weighted by molar-refractivity contribution is 7.99. The van der Waals surface area contributed by atoms with E-state index in [-0.39, 0.29) is 23.8 Å². The number of aliphatic hydroxyl groups is 1. The molecule has 20 heavy (non-hydrogen) atoms. The zero-order valence-electron chi connectivity index (χ0n) is 13.2. The quantitative estimate of drug-likeness (QED) is 0.718. The van der Waals surface area contributed by atoms with Crippen LogP contribution >= 0.6 is 11.8 Å². The van der Waals surface area contributed by atoms with Crippen LogP contribution in [0, 0.1) is 6.92 Å². The van der Waals surface area contributed by atoms with Gasteiger partial charge in [0.25, 0.3) is 0 Å². The van der Waals surface area contributed by atoms with E-state index in [1.54, 1.807) is 11.8 Å². The fourth-order valence-corrected chi connectivity index (χ4v) is 2.55. The first-order valence-electron chi connectivity index (χ1n) is 6.91. The molecule has 0 aliphatic rings. The van der Waals surface area contributed by atoms with Crippen molar-refractivity contribution < 1.29 is 5.11 Å². The second-order valence-electron chi connectivity index (χ2n) is 5.20. The maximum Gasteiger partial charge on any atom is 0.135 e. The van der Waals surface area contributed by atoms with E-state index in [9.17, 15) is 5.11 Å². The topological polar surface area (TPSA) is 70.1 Å². The highest BCUT2D eigenvalue weighted by Gasteiger charge is 2.18. The van der Waals surface area contributed by atoms with Crippen LogP contribution in [0.4, 0.5) is 11.6 Å². The zero-order chi connectivity index (χ0) is 15.3. The largest absolute Gasteiger partial charge is 0.395 e. The van der Waals surface area contributed by atoms with Crippen LogP contribution in [-0.2, 0) is 0 Å². The minimum atomic E-state index is 0.133. The molecule has 1 rings (SSSR count). The number of nitrogens with one attached hydrogen (secondary N) is 2. The summed E-state index contributed by atoms with van der Waals surface area (Å²) in [4.78, 5) is 9.14.